The normalized spacial score (nSPS) is 10.6. The van der Waals surface area contributed by atoms with E-state index >= 15 is 0 Å². The number of ether oxygens (including phenoxy) is 2. The number of benzene rings is 2. The summed E-state index contributed by atoms with van der Waals surface area (Å²) < 4.78 is 10.6. The average Bonchev–Trinajstić information content (AvgIpc) is 2.62. The van der Waals surface area contributed by atoms with Crippen LogP contribution in [0.4, 0.5) is 0 Å². The predicted molar refractivity (Wildman–Crippen MR) is 113 cm³/mol. The van der Waals surface area contributed by atoms with Crippen molar-refractivity contribution in [3.63, 3.8) is 0 Å². The smallest absolute Gasteiger partial charge is 0.191 e. The molecule has 0 heterocycles. The highest BCUT2D eigenvalue weighted by atomic mass is 127. The van der Waals surface area contributed by atoms with Gasteiger partial charge >= 0.3 is 0 Å². The third kappa shape index (κ3) is 6.62. The summed E-state index contributed by atoms with van der Waals surface area (Å²) in [7, 11) is 5.03. The van der Waals surface area contributed by atoms with Gasteiger partial charge in [0, 0.05) is 30.7 Å². The Kier molecular flexibility index (Phi) is 9.44. The average molecular weight is 476 g/mol. The van der Waals surface area contributed by atoms with E-state index in [9.17, 15) is 0 Å². The second-order valence-corrected chi connectivity index (χ2v) is 5.52. The van der Waals surface area contributed by atoms with Crippen LogP contribution in [-0.4, -0.2) is 27.2 Å². The van der Waals surface area contributed by atoms with Crippen molar-refractivity contribution in [1.82, 2.24) is 10.6 Å². The molecule has 0 unspecified atom stereocenters. The van der Waals surface area contributed by atoms with E-state index in [0.717, 1.165) is 22.6 Å². The monoisotopic (exact) mass is 475 g/mol. The molecule has 2 aromatic carbocycles. The fourth-order valence-electron chi connectivity index (χ4n) is 2.23. The van der Waals surface area contributed by atoms with Crippen molar-refractivity contribution in [3.05, 3.63) is 58.6 Å². The number of methoxy groups -OCH3 is 2. The lowest BCUT2D eigenvalue weighted by molar-refractivity contribution is 0.409. The van der Waals surface area contributed by atoms with Crippen molar-refractivity contribution in [2.75, 3.05) is 21.3 Å². The highest BCUT2D eigenvalue weighted by Gasteiger charge is 2.05. The van der Waals surface area contributed by atoms with Crippen LogP contribution in [-0.2, 0) is 13.1 Å². The first-order valence-electron chi connectivity index (χ1n) is 7.56. The number of nitrogens with one attached hydrogen (secondary N) is 2. The molecule has 2 rings (SSSR count). The Labute approximate surface area is 170 Å². The number of guanidine groups is 1. The Morgan fingerprint density at radius 1 is 1.04 bits per heavy atom. The minimum absolute atomic E-state index is 0. The molecular formula is C18H23ClIN3O2. The lowest BCUT2D eigenvalue weighted by atomic mass is 10.2. The largest absolute Gasteiger partial charge is 0.497 e. The molecule has 2 N–H and O–H groups in total. The van der Waals surface area contributed by atoms with E-state index in [1.165, 1.54) is 0 Å². The molecule has 0 bridgehead atoms. The highest BCUT2D eigenvalue weighted by Crippen LogP contribution is 2.22. The second-order valence-electron chi connectivity index (χ2n) is 5.09. The molecule has 136 valence electrons. The van der Waals surface area contributed by atoms with E-state index in [0.29, 0.717) is 24.1 Å². The molecular weight excluding hydrogens is 453 g/mol. The molecule has 0 spiro atoms. The topological polar surface area (TPSA) is 54.9 Å². The molecule has 0 atom stereocenters. The van der Waals surface area contributed by atoms with Crippen molar-refractivity contribution in [1.29, 1.82) is 0 Å². The van der Waals surface area contributed by atoms with Gasteiger partial charge < -0.3 is 20.1 Å². The molecule has 0 amide bonds. The van der Waals surface area contributed by atoms with Crippen LogP contribution in [0.15, 0.2) is 47.5 Å². The van der Waals surface area contributed by atoms with Crippen LogP contribution in [0.5, 0.6) is 11.5 Å². The van der Waals surface area contributed by atoms with Crippen molar-refractivity contribution in [3.8, 4) is 11.5 Å². The molecule has 2 aromatic rings. The molecule has 0 saturated heterocycles. The fraction of sp³-hybridized carbons (Fsp3) is 0.278. The summed E-state index contributed by atoms with van der Waals surface area (Å²) >= 11 is 5.98. The molecule has 0 radical (unpaired) electrons. The zero-order chi connectivity index (χ0) is 17.4. The SMILES string of the molecule is CN=C(NCc1cccc(OC)c1)NCc1ccc(Cl)cc1OC.I. The first-order valence-corrected chi connectivity index (χ1v) is 7.94. The Morgan fingerprint density at radius 3 is 2.48 bits per heavy atom. The summed E-state index contributed by atoms with van der Waals surface area (Å²) in [6, 6.07) is 13.5. The molecule has 0 fully saturated rings. The van der Waals surface area contributed by atoms with E-state index in [1.807, 2.05) is 36.4 Å². The van der Waals surface area contributed by atoms with Crippen LogP contribution in [0.2, 0.25) is 5.02 Å². The van der Waals surface area contributed by atoms with E-state index in [-0.39, 0.29) is 24.0 Å². The van der Waals surface area contributed by atoms with E-state index in [4.69, 9.17) is 21.1 Å². The summed E-state index contributed by atoms with van der Waals surface area (Å²) in [5, 5.41) is 7.19. The van der Waals surface area contributed by atoms with Gasteiger partial charge in [-0.15, -0.1) is 24.0 Å². The van der Waals surface area contributed by atoms with Gasteiger partial charge in [-0.25, -0.2) is 0 Å². The van der Waals surface area contributed by atoms with Gasteiger partial charge in [-0.1, -0.05) is 29.8 Å². The van der Waals surface area contributed by atoms with Gasteiger partial charge in [-0.05, 0) is 29.8 Å². The van der Waals surface area contributed by atoms with Crippen LogP contribution >= 0.6 is 35.6 Å². The maximum Gasteiger partial charge on any atom is 0.191 e. The fourth-order valence-corrected chi connectivity index (χ4v) is 2.39. The van der Waals surface area contributed by atoms with E-state index in [1.54, 1.807) is 27.3 Å². The third-order valence-electron chi connectivity index (χ3n) is 3.51. The van der Waals surface area contributed by atoms with E-state index < -0.39 is 0 Å². The molecule has 0 aliphatic carbocycles. The number of rotatable bonds is 6. The Bertz CT molecular complexity index is 710. The van der Waals surface area contributed by atoms with Gasteiger partial charge in [-0.2, -0.15) is 0 Å². The van der Waals surface area contributed by atoms with Crippen LogP contribution in [0, 0.1) is 0 Å². The molecule has 5 nitrogen and oxygen atoms in total. The van der Waals surface area contributed by atoms with Crippen LogP contribution in [0.25, 0.3) is 0 Å². The highest BCUT2D eigenvalue weighted by molar-refractivity contribution is 14.0. The zero-order valence-corrected chi connectivity index (χ0v) is 17.6. The summed E-state index contributed by atoms with van der Waals surface area (Å²) in [6.45, 7) is 1.23. The van der Waals surface area contributed by atoms with Gasteiger partial charge in [-0.3, -0.25) is 4.99 Å². The summed E-state index contributed by atoms with van der Waals surface area (Å²) in [4.78, 5) is 4.23. The van der Waals surface area contributed by atoms with Gasteiger partial charge in [0.05, 0.1) is 14.2 Å². The number of halogens is 2. The van der Waals surface area contributed by atoms with Gasteiger partial charge in [0.2, 0.25) is 0 Å². The molecule has 7 heteroatoms. The van der Waals surface area contributed by atoms with Crippen molar-refractivity contribution < 1.29 is 9.47 Å². The first-order chi connectivity index (χ1) is 11.7. The minimum atomic E-state index is 0. The van der Waals surface area contributed by atoms with Crippen molar-refractivity contribution in [2.24, 2.45) is 4.99 Å². The number of hydrogen-bond acceptors (Lipinski definition) is 3. The number of hydrogen-bond donors (Lipinski definition) is 2. The van der Waals surface area contributed by atoms with Crippen molar-refractivity contribution >= 4 is 41.5 Å². The maximum absolute atomic E-state index is 5.98. The van der Waals surface area contributed by atoms with E-state index in [2.05, 4.69) is 15.6 Å². The number of nitrogens with zero attached hydrogens (tertiary/aromatic N) is 1. The Hall–Kier alpha value is -1.67. The van der Waals surface area contributed by atoms with Gasteiger partial charge in [0.1, 0.15) is 11.5 Å². The Balaban J connectivity index is 0.00000312. The summed E-state index contributed by atoms with van der Waals surface area (Å²) in [5.41, 5.74) is 2.12. The van der Waals surface area contributed by atoms with Crippen LogP contribution in [0.1, 0.15) is 11.1 Å². The number of aliphatic imine (C=N–C) groups is 1. The standard InChI is InChI=1S/C18H22ClN3O2.HI/c1-20-18(21-11-13-5-4-6-16(9-13)23-2)22-12-14-7-8-15(19)10-17(14)24-3;/h4-10H,11-12H2,1-3H3,(H2,20,21,22);1H. The van der Waals surface area contributed by atoms with Gasteiger partial charge in [0.15, 0.2) is 5.96 Å². The van der Waals surface area contributed by atoms with Crippen LogP contribution in [0.3, 0.4) is 0 Å². The predicted octanol–water partition coefficient (Wildman–Crippen LogP) is 3.84. The molecule has 0 aliphatic rings. The zero-order valence-electron chi connectivity index (χ0n) is 14.5. The summed E-state index contributed by atoms with van der Waals surface area (Å²) in [5.74, 6) is 2.29. The molecule has 0 aromatic heterocycles. The maximum atomic E-state index is 5.98. The summed E-state index contributed by atoms with van der Waals surface area (Å²) in [6.07, 6.45) is 0. The lowest BCUT2D eigenvalue weighted by Crippen LogP contribution is -2.36. The first kappa shape index (κ1) is 21.4. The van der Waals surface area contributed by atoms with Crippen molar-refractivity contribution in [2.45, 2.75) is 13.1 Å². The Morgan fingerprint density at radius 2 is 1.80 bits per heavy atom. The quantitative estimate of drug-likeness (QED) is 0.379. The van der Waals surface area contributed by atoms with Crippen LogP contribution < -0.4 is 20.1 Å². The third-order valence-corrected chi connectivity index (χ3v) is 3.75. The van der Waals surface area contributed by atoms with Gasteiger partial charge in [0.25, 0.3) is 0 Å². The molecule has 0 saturated carbocycles. The lowest BCUT2D eigenvalue weighted by Gasteiger charge is -2.14. The minimum Gasteiger partial charge on any atom is -0.497 e. The molecule has 25 heavy (non-hydrogen) atoms. The second kappa shape index (κ2) is 11.0. The molecule has 0 aliphatic heterocycles.